The van der Waals surface area contributed by atoms with Crippen LogP contribution in [0.15, 0.2) is 29.5 Å². The van der Waals surface area contributed by atoms with Gasteiger partial charge in [-0.1, -0.05) is 22.8 Å². The first-order valence-electron chi connectivity index (χ1n) is 4.50. The number of benzene rings is 1. The molecule has 1 aromatic carbocycles. The van der Waals surface area contributed by atoms with Gasteiger partial charge in [0.2, 0.25) is 0 Å². The van der Waals surface area contributed by atoms with E-state index in [4.69, 9.17) is 22.2 Å². The third-order valence-electron chi connectivity index (χ3n) is 2.18. The van der Waals surface area contributed by atoms with Crippen LogP contribution in [-0.2, 0) is 0 Å². The number of aromatic nitrogens is 1. The Balaban J connectivity index is 2.88. The molecule has 84 valence electrons. The summed E-state index contributed by atoms with van der Waals surface area (Å²) in [5, 5.41) is 13.3. The Kier molecular flexibility index (Phi) is 2.82. The molecule has 0 aliphatic rings. The predicted molar refractivity (Wildman–Crippen MR) is 62.5 cm³/mol. The highest BCUT2D eigenvalue weighted by molar-refractivity contribution is 6.31. The lowest BCUT2D eigenvalue weighted by molar-refractivity contribution is 0.0697. The molecule has 1 aromatic heterocycles. The zero-order valence-electron chi connectivity index (χ0n) is 8.33. The fourth-order valence-corrected chi connectivity index (χ4v) is 1.63. The maximum Gasteiger partial charge on any atom is 0.337 e. The first-order chi connectivity index (χ1) is 8.13. The highest BCUT2D eigenvalue weighted by Gasteiger charge is 2.13. The topological polar surface area (TPSA) is 99.0 Å². The summed E-state index contributed by atoms with van der Waals surface area (Å²) in [5.74, 6) is -1.20. The SMILES string of the molecule is [N-]=[N+]=Nc1c(C(=O)O)cnc2cc(Cl)ccc12. The zero-order chi connectivity index (χ0) is 12.4. The van der Waals surface area contributed by atoms with Gasteiger partial charge >= 0.3 is 5.97 Å². The molecule has 2 aromatic rings. The summed E-state index contributed by atoms with van der Waals surface area (Å²) in [4.78, 5) is 17.5. The summed E-state index contributed by atoms with van der Waals surface area (Å²) in [5.41, 5.74) is 8.84. The Labute approximate surface area is 100 Å². The number of rotatable bonds is 2. The number of pyridine rings is 1. The minimum Gasteiger partial charge on any atom is -0.478 e. The zero-order valence-corrected chi connectivity index (χ0v) is 9.09. The van der Waals surface area contributed by atoms with Crippen LogP contribution < -0.4 is 0 Å². The second-order valence-corrected chi connectivity index (χ2v) is 3.61. The van der Waals surface area contributed by atoms with E-state index < -0.39 is 5.97 Å². The van der Waals surface area contributed by atoms with Gasteiger partial charge in [-0.3, -0.25) is 4.98 Å². The molecule has 0 aliphatic carbocycles. The Bertz CT molecular complexity index is 665. The fourth-order valence-electron chi connectivity index (χ4n) is 1.46. The summed E-state index contributed by atoms with van der Waals surface area (Å²) in [6.45, 7) is 0. The van der Waals surface area contributed by atoms with Crippen molar-refractivity contribution in [2.45, 2.75) is 0 Å². The van der Waals surface area contributed by atoms with Crippen molar-refractivity contribution in [2.24, 2.45) is 5.11 Å². The molecule has 0 atom stereocenters. The molecule has 0 saturated carbocycles. The summed E-state index contributed by atoms with van der Waals surface area (Å²) in [7, 11) is 0. The van der Waals surface area contributed by atoms with Crippen LogP contribution in [0.3, 0.4) is 0 Å². The normalized spacial score (nSPS) is 9.94. The second kappa shape index (κ2) is 4.29. The third kappa shape index (κ3) is 1.99. The number of aromatic carboxylic acids is 1. The number of carboxylic acid groups (broad SMARTS) is 1. The molecule has 17 heavy (non-hydrogen) atoms. The quantitative estimate of drug-likeness (QED) is 0.500. The lowest BCUT2D eigenvalue weighted by Gasteiger charge is -2.04. The highest BCUT2D eigenvalue weighted by Crippen LogP contribution is 2.30. The van der Waals surface area contributed by atoms with Gasteiger partial charge in [0.1, 0.15) is 0 Å². The van der Waals surface area contributed by atoms with Gasteiger partial charge < -0.3 is 5.11 Å². The predicted octanol–water partition coefficient (Wildman–Crippen LogP) is 3.53. The summed E-state index contributed by atoms with van der Waals surface area (Å²) >= 11 is 5.79. The number of carboxylic acids is 1. The molecule has 6 nitrogen and oxygen atoms in total. The van der Waals surface area contributed by atoms with Gasteiger partial charge in [0.15, 0.2) is 0 Å². The van der Waals surface area contributed by atoms with E-state index in [9.17, 15) is 4.79 Å². The first kappa shape index (κ1) is 11.2. The van der Waals surface area contributed by atoms with Gasteiger partial charge in [-0.2, -0.15) is 0 Å². The van der Waals surface area contributed by atoms with Crippen molar-refractivity contribution < 1.29 is 9.90 Å². The van der Waals surface area contributed by atoms with Crippen molar-refractivity contribution >= 4 is 34.2 Å². The van der Waals surface area contributed by atoms with Crippen LogP contribution in [0, 0.1) is 0 Å². The van der Waals surface area contributed by atoms with Gasteiger partial charge in [-0.15, -0.1) is 0 Å². The number of azide groups is 1. The van der Waals surface area contributed by atoms with Crippen molar-refractivity contribution in [1.29, 1.82) is 0 Å². The molecule has 7 heteroatoms. The average Bonchev–Trinajstić information content (AvgIpc) is 2.28. The van der Waals surface area contributed by atoms with E-state index in [-0.39, 0.29) is 11.3 Å². The molecular formula is C10H5ClN4O2. The summed E-state index contributed by atoms with van der Waals surface area (Å²) in [6, 6.07) is 4.72. The monoisotopic (exact) mass is 248 g/mol. The number of hydrogen-bond donors (Lipinski definition) is 1. The molecule has 1 heterocycles. The second-order valence-electron chi connectivity index (χ2n) is 3.18. The van der Waals surface area contributed by atoms with Crippen molar-refractivity contribution in [1.82, 2.24) is 4.98 Å². The van der Waals surface area contributed by atoms with E-state index >= 15 is 0 Å². The minimum absolute atomic E-state index is 0.0432. The summed E-state index contributed by atoms with van der Waals surface area (Å²) < 4.78 is 0. The molecule has 0 saturated heterocycles. The van der Waals surface area contributed by atoms with Gasteiger partial charge in [0.05, 0.1) is 16.8 Å². The van der Waals surface area contributed by atoms with Gasteiger partial charge in [-0.05, 0) is 17.7 Å². The maximum atomic E-state index is 11.0. The number of nitrogens with zero attached hydrogens (tertiary/aromatic N) is 4. The maximum absolute atomic E-state index is 11.0. The number of fused-ring (bicyclic) bond motifs is 1. The molecule has 1 N–H and O–H groups in total. The van der Waals surface area contributed by atoms with Crippen molar-refractivity contribution in [2.75, 3.05) is 0 Å². The van der Waals surface area contributed by atoms with Gasteiger partial charge in [-0.25, -0.2) is 4.79 Å². The Morgan fingerprint density at radius 2 is 2.29 bits per heavy atom. The average molecular weight is 249 g/mol. The van der Waals surface area contributed by atoms with Crippen LogP contribution in [0.25, 0.3) is 21.3 Å². The van der Waals surface area contributed by atoms with Crippen LogP contribution >= 0.6 is 11.6 Å². The standard InChI is InChI=1S/C10H5ClN4O2/c11-5-1-2-6-8(3-5)13-4-7(10(16)17)9(6)14-15-12/h1-4H,(H,16,17). The molecule has 0 radical (unpaired) electrons. The van der Waals surface area contributed by atoms with E-state index in [1.165, 1.54) is 0 Å². The summed E-state index contributed by atoms with van der Waals surface area (Å²) in [6.07, 6.45) is 1.14. The van der Waals surface area contributed by atoms with Crippen LogP contribution in [0.4, 0.5) is 5.69 Å². The van der Waals surface area contributed by atoms with E-state index in [0.717, 1.165) is 6.20 Å². The van der Waals surface area contributed by atoms with E-state index in [0.29, 0.717) is 15.9 Å². The van der Waals surface area contributed by atoms with Gasteiger partial charge in [0.25, 0.3) is 0 Å². The van der Waals surface area contributed by atoms with Crippen molar-refractivity contribution in [3.8, 4) is 0 Å². The molecule has 0 unspecified atom stereocenters. The molecular weight excluding hydrogens is 244 g/mol. The number of carbonyl (C=O) groups is 1. The van der Waals surface area contributed by atoms with E-state index in [1.807, 2.05) is 0 Å². The fraction of sp³-hybridized carbons (Fsp3) is 0. The number of hydrogen-bond acceptors (Lipinski definition) is 3. The van der Waals surface area contributed by atoms with Gasteiger partial charge in [0, 0.05) is 21.5 Å². The Morgan fingerprint density at radius 1 is 1.53 bits per heavy atom. The van der Waals surface area contributed by atoms with Crippen LogP contribution in [0.1, 0.15) is 10.4 Å². The lowest BCUT2D eigenvalue weighted by Crippen LogP contribution is -1.98. The van der Waals surface area contributed by atoms with E-state index in [1.54, 1.807) is 18.2 Å². The molecule has 0 amide bonds. The highest BCUT2D eigenvalue weighted by atomic mass is 35.5. The number of halogens is 1. The molecule has 0 bridgehead atoms. The van der Waals surface area contributed by atoms with E-state index in [2.05, 4.69) is 15.0 Å². The van der Waals surface area contributed by atoms with Crippen LogP contribution in [0.2, 0.25) is 5.02 Å². The lowest BCUT2D eigenvalue weighted by atomic mass is 10.1. The van der Waals surface area contributed by atoms with Crippen LogP contribution in [-0.4, -0.2) is 16.1 Å². The first-order valence-corrected chi connectivity index (χ1v) is 4.88. The molecule has 2 rings (SSSR count). The third-order valence-corrected chi connectivity index (χ3v) is 2.41. The Hall–Kier alpha value is -2.30. The smallest absolute Gasteiger partial charge is 0.337 e. The van der Waals surface area contributed by atoms with Crippen LogP contribution in [0.5, 0.6) is 0 Å². The van der Waals surface area contributed by atoms with Crippen molar-refractivity contribution in [3.05, 3.63) is 45.4 Å². The molecule has 0 fully saturated rings. The minimum atomic E-state index is -1.20. The molecule has 0 aliphatic heterocycles. The largest absolute Gasteiger partial charge is 0.478 e. The molecule has 0 spiro atoms. The van der Waals surface area contributed by atoms with Crippen molar-refractivity contribution in [3.63, 3.8) is 0 Å². The Morgan fingerprint density at radius 3 is 2.94 bits per heavy atom.